The maximum absolute atomic E-state index is 11.4. The summed E-state index contributed by atoms with van der Waals surface area (Å²) in [5.74, 6) is -0.467. The molecule has 0 unspecified atom stereocenters. The van der Waals surface area contributed by atoms with Gasteiger partial charge in [-0.05, 0) is 12.1 Å². The number of rotatable bonds is 1. The molecule has 0 aliphatic heterocycles. The minimum absolute atomic E-state index is 0.308. The van der Waals surface area contributed by atoms with Crippen LogP contribution in [0.5, 0.6) is 0 Å². The average molecular weight is 191 g/mol. The van der Waals surface area contributed by atoms with E-state index < -0.39 is 5.97 Å². The topological polar surface area (TPSA) is 69.6 Å². The van der Waals surface area contributed by atoms with Gasteiger partial charge >= 0.3 is 5.97 Å². The van der Waals surface area contributed by atoms with E-state index in [2.05, 4.69) is 9.72 Å². The lowest BCUT2D eigenvalue weighted by Crippen LogP contribution is -2.11. The summed E-state index contributed by atoms with van der Waals surface area (Å²) in [4.78, 5) is 15.4. The van der Waals surface area contributed by atoms with Gasteiger partial charge in [0.2, 0.25) is 0 Å². The molecule has 72 valence electrons. The van der Waals surface area contributed by atoms with Crippen molar-refractivity contribution in [2.75, 3.05) is 12.8 Å². The lowest BCUT2D eigenvalue weighted by atomic mass is 10.3. The first-order chi connectivity index (χ1) is 6.74. The zero-order valence-electron chi connectivity index (χ0n) is 7.60. The van der Waals surface area contributed by atoms with Crippen LogP contribution < -0.4 is 5.73 Å². The number of anilines is 1. The number of carbonyl (C=O) groups is 1. The SMILES string of the molecule is COC(=O)c1c(N)ccc2nccn12. The highest BCUT2D eigenvalue weighted by Crippen LogP contribution is 2.15. The first-order valence-corrected chi connectivity index (χ1v) is 4.04. The molecule has 0 spiro atoms. The quantitative estimate of drug-likeness (QED) is 0.674. The highest BCUT2D eigenvalue weighted by atomic mass is 16.5. The molecule has 0 saturated heterocycles. The molecule has 5 heteroatoms. The van der Waals surface area contributed by atoms with Crippen LogP contribution in [0.25, 0.3) is 5.65 Å². The third-order valence-electron chi connectivity index (χ3n) is 1.97. The molecule has 0 amide bonds. The number of nitrogens with zero attached hydrogens (tertiary/aromatic N) is 2. The van der Waals surface area contributed by atoms with Crippen molar-refractivity contribution in [3.63, 3.8) is 0 Å². The van der Waals surface area contributed by atoms with Gasteiger partial charge in [0.1, 0.15) is 5.65 Å². The lowest BCUT2D eigenvalue weighted by Gasteiger charge is -2.05. The monoisotopic (exact) mass is 191 g/mol. The van der Waals surface area contributed by atoms with Gasteiger partial charge < -0.3 is 10.5 Å². The van der Waals surface area contributed by atoms with Gasteiger partial charge in [-0.25, -0.2) is 9.78 Å². The van der Waals surface area contributed by atoms with Gasteiger partial charge in [0.15, 0.2) is 5.69 Å². The Morgan fingerprint density at radius 3 is 3.07 bits per heavy atom. The van der Waals surface area contributed by atoms with E-state index in [1.807, 2.05) is 0 Å². The third-order valence-corrected chi connectivity index (χ3v) is 1.97. The van der Waals surface area contributed by atoms with Crippen LogP contribution >= 0.6 is 0 Å². The zero-order chi connectivity index (χ0) is 10.1. The first-order valence-electron chi connectivity index (χ1n) is 4.04. The second kappa shape index (κ2) is 3.02. The first kappa shape index (κ1) is 8.55. The molecule has 0 aliphatic rings. The van der Waals surface area contributed by atoms with Crippen molar-refractivity contribution in [3.05, 3.63) is 30.2 Å². The van der Waals surface area contributed by atoms with Crippen LogP contribution in [0.3, 0.4) is 0 Å². The molecule has 0 saturated carbocycles. The number of ether oxygens (including phenoxy) is 1. The van der Waals surface area contributed by atoms with Gasteiger partial charge in [0.05, 0.1) is 12.8 Å². The number of imidazole rings is 1. The van der Waals surface area contributed by atoms with Crippen LogP contribution in [0.2, 0.25) is 0 Å². The van der Waals surface area contributed by atoms with Crippen molar-refractivity contribution >= 4 is 17.3 Å². The van der Waals surface area contributed by atoms with Gasteiger partial charge in [-0.1, -0.05) is 0 Å². The second-order valence-electron chi connectivity index (χ2n) is 2.78. The zero-order valence-corrected chi connectivity index (χ0v) is 7.60. The van der Waals surface area contributed by atoms with Gasteiger partial charge in [-0.15, -0.1) is 0 Å². The molecular formula is C9H9N3O2. The summed E-state index contributed by atoms with van der Waals surface area (Å²) in [6, 6.07) is 3.37. The molecule has 0 bridgehead atoms. The molecule has 0 atom stereocenters. The standard InChI is InChI=1S/C9H9N3O2/c1-14-9(13)8-6(10)2-3-7-11-4-5-12(7)8/h2-5H,10H2,1H3. The fourth-order valence-electron chi connectivity index (χ4n) is 1.32. The molecule has 5 nitrogen and oxygen atoms in total. The number of pyridine rings is 1. The number of nitrogen functional groups attached to an aromatic ring is 1. The number of hydrogen-bond donors (Lipinski definition) is 1. The molecule has 2 aromatic heterocycles. The van der Waals surface area contributed by atoms with E-state index in [-0.39, 0.29) is 0 Å². The Kier molecular flexibility index (Phi) is 1.85. The smallest absolute Gasteiger partial charge is 0.357 e. The van der Waals surface area contributed by atoms with Crippen LogP contribution in [0.1, 0.15) is 10.5 Å². The van der Waals surface area contributed by atoms with Crippen molar-refractivity contribution in [2.45, 2.75) is 0 Å². The summed E-state index contributed by atoms with van der Waals surface area (Å²) >= 11 is 0. The Hall–Kier alpha value is -2.04. The minimum Gasteiger partial charge on any atom is -0.464 e. The molecule has 0 aliphatic carbocycles. The predicted molar refractivity (Wildman–Crippen MR) is 50.9 cm³/mol. The Labute approximate surface area is 80.1 Å². The van der Waals surface area contributed by atoms with Crippen molar-refractivity contribution in [1.82, 2.24) is 9.38 Å². The van der Waals surface area contributed by atoms with E-state index in [1.165, 1.54) is 7.11 Å². The summed E-state index contributed by atoms with van der Waals surface area (Å²) < 4.78 is 6.23. The van der Waals surface area contributed by atoms with Crippen LogP contribution in [-0.4, -0.2) is 22.5 Å². The summed E-state index contributed by atoms with van der Waals surface area (Å²) in [5.41, 5.74) is 7.02. The summed E-state index contributed by atoms with van der Waals surface area (Å²) in [5, 5.41) is 0. The van der Waals surface area contributed by atoms with E-state index in [0.29, 0.717) is 17.0 Å². The molecule has 2 N–H and O–H groups in total. The molecule has 0 aromatic carbocycles. The number of fused-ring (bicyclic) bond motifs is 1. The number of methoxy groups -OCH3 is 1. The molecule has 0 radical (unpaired) electrons. The van der Waals surface area contributed by atoms with E-state index in [9.17, 15) is 4.79 Å². The van der Waals surface area contributed by atoms with Gasteiger partial charge in [-0.2, -0.15) is 0 Å². The number of nitrogens with two attached hydrogens (primary N) is 1. The van der Waals surface area contributed by atoms with E-state index >= 15 is 0 Å². The highest BCUT2D eigenvalue weighted by Gasteiger charge is 2.14. The van der Waals surface area contributed by atoms with Gasteiger partial charge in [-0.3, -0.25) is 4.40 Å². The number of aromatic nitrogens is 2. The van der Waals surface area contributed by atoms with E-state index in [4.69, 9.17) is 5.73 Å². The van der Waals surface area contributed by atoms with Crippen LogP contribution in [0.15, 0.2) is 24.5 Å². The number of esters is 1. The molecule has 2 rings (SSSR count). The van der Waals surface area contributed by atoms with Crippen LogP contribution in [0, 0.1) is 0 Å². The maximum Gasteiger partial charge on any atom is 0.357 e. The molecule has 2 aromatic rings. The fraction of sp³-hybridized carbons (Fsp3) is 0.111. The molecular weight excluding hydrogens is 182 g/mol. The summed E-state index contributed by atoms with van der Waals surface area (Å²) in [6.45, 7) is 0. The van der Waals surface area contributed by atoms with Crippen LogP contribution in [-0.2, 0) is 4.74 Å². The van der Waals surface area contributed by atoms with Crippen molar-refractivity contribution in [3.8, 4) is 0 Å². The Morgan fingerprint density at radius 1 is 1.57 bits per heavy atom. The second-order valence-corrected chi connectivity index (χ2v) is 2.78. The lowest BCUT2D eigenvalue weighted by molar-refractivity contribution is 0.0593. The molecule has 0 fully saturated rings. The van der Waals surface area contributed by atoms with Gasteiger partial charge in [0, 0.05) is 12.4 Å². The van der Waals surface area contributed by atoms with E-state index in [1.54, 1.807) is 28.9 Å². The third kappa shape index (κ3) is 1.10. The van der Waals surface area contributed by atoms with Gasteiger partial charge in [0.25, 0.3) is 0 Å². The highest BCUT2D eigenvalue weighted by molar-refractivity contribution is 5.94. The average Bonchev–Trinajstić information content (AvgIpc) is 2.64. The van der Waals surface area contributed by atoms with E-state index in [0.717, 1.165) is 0 Å². The maximum atomic E-state index is 11.4. The van der Waals surface area contributed by atoms with Crippen molar-refractivity contribution in [2.24, 2.45) is 0 Å². The largest absolute Gasteiger partial charge is 0.464 e. The van der Waals surface area contributed by atoms with Crippen molar-refractivity contribution in [1.29, 1.82) is 0 Å². The van der Waals surface area contributed by atoms with Crippen LogP contribution in [0.4, 0.5) is 5.69 Å². The minimum atomic E-state index is -0.467. The normalized spacial score (nSPS) is 10.4. The molecule has 14 heavy (non-hydrogen) atoms. The molecule has 2 heterocycles. The fourth-order valence-corrected chi connectivity index (χ4v) is 1.32. The Balaban J connectivity index is 2.76. The predicted octanol–water partition coefficient (Wildman–Crippen LogP) is 0.703. The summed E-state index contributed by atoms with van der Waals surface area (Å²) in [7, 11) is 1.32. The Bertz CT molecular complexity index is 490. The number of carbonyl (C=O) groups excluding carboxylic acids is 1. The Morgan fingerprint density at radius 2 is 2.36 bits per heavy atom. The summed E-state index contributed by atoms with van der Waals surface area (Å²) in [6.07, 6.45) is 3.26. The van der Waals surface area contributed by atoms with Crippen molar-refractivity contribution < 1.29 is 9.53 Å². The number of hydrogen-bond acceptors (Lipinski definition) is 4.